The molecule has 7 nitrogen and oxygen atoms in total. The number of hydrogen-bond acceptors (Lipinski definition) is 6. The van der Waals surface area contributed by atoms with E-state index in [-0.39, 0.29) is 0 Å². The molecule has 1 saturated heterocycles. The lowest BCUT2D eigenvalue weighted by Gasteiger charge is -2.22. The lowest BCUT2D eigenvalue weighted by molar-refractivity contribution is 0.214. The Hall–Kier alpha value is -2.54. The third-order valence-electron chi connectivity index (χ3n) is 4.79. The van der Waals surface area contributed by atoms with Crippen molar-refractivity contribution < 1.29 is 4.74 Å². The molecule has 4 heterocycles. The third-order valence-corrected chi connectivity index (χ3v) is 4.79. The molecule has 0 unspecified atom stereocenters. The summed E-state index contributed by atoms with van der Waals surface area (Å²) in [5, 5.41) is 7.73. The summed E-state index contributed by atoms with van der Waals surface area (Å²) in [5.74, 6) is 1.06. The van der Waals surface area contributed by atoms with Gasteiger partial charge in [0, 0.05) is 43.2 Å². The molecule has 0 radical (unpaired) electrons. The van der Waals surface area contributed by atoms with Crippen LogP contribution in [-0.2, 0) is 7.05 Å². The zero-order chi connectivity index (χ0) is 17.2. The van der Waals surface area contributed by atoms with Crippen LogP contribution in [-0.4, -0.2) is 44.4 Å². The number of nitrogens with one attached hydrogen (secondary N) is 1. The van der Waals surface area contributed by atoms with Gasteiger partial charge < -0.3 is 10.1 Å². The Labute approximate surface area is 146 Å². The molecule has 1 N–H and O–H groups in total. The molecule has 7 heteroatoms. The van der Waals surface area contributed by atoms with Crippen LogP contribution in [0.2, 0.25) is 0 Å². The standard InChI is InChI=1S/C18H22N6O/c1-12-14(10-22-24(12)2)15-8-16-17(21-7-6-20-16)18(23-15)25-11-13-4-3-5-19-9-13/h6-8,10,13,19H,3-5,9,11H2,1-2H3/t13-/m0/s1. The molecule has 1 aliphatic rings. The zero-order valence-electron chi connectivity index (χ0n) is 14.6. The van der Waals surface area contributed by atoms with Crippen molar-refractivity contribution in [3.63, 3.8) is 0 Å². The fourth-order valence-corrected chi connectivity index (χ4v) is 3.20. The molecule has 3 aromatic heterocycles. The lowest BCUT2D eigenvalue weighted by Crippen LogP contribution is -2.33. The summed E-state index contributed by atoms with van der Waals surface area (Å²) in [6.07, 6.45) is 7.56. The van der Waals surface area contributed by atoms with Crippen LogP contribution in [0, 0.1) is 12.8 Å². The van der Waals surface area contributed by atoms with Crippen molar-refractivity contribution in [2.75, 3.05) is 19.7 Å². The Kier molecular flexibility index (Phi) is 4.31. The van der Waals surface area contributed by atoms with Gasteiger partial charge in [0.2, 0.25) is 5.88 Å². The van der Waals surface area contributed by atoms with Gasteiger partial charge in [0.25, 0.3) is 0 Å². The van der Waals surface area contributed by atoms with E-state index >= 15 is 0 Å². The molecule has 25 heavy (non-hydrogen) atoms. The fraction of sp³-hybridized carbons (Fsp3) is 0.444. The molecular weight excluding hydrogens is 316 g/mol. The van der Waals surface area contributed by atoms with Gasteiger partial charge in [-0.25, -0.2) is 9.97 Å². The maximum atomic E-state index is 6.09. The Morgan fingerprint density at radius 2 is 2.20 bits per heavy atom. The number of nitrogens with zero attached hydrogens (tertiary/aromatic N) is 5. The van der Waals surface area contributed by atoms with Crippen LogP contribution in [0.4, 0.5) is 0 Å². The first kappa shape index (κ1) is 16.0. The molecule has 0 saturated carbocycles. The average Bonchev–Trinajstić information content (AvgIpc) is 2.99. The van der Waals surface area contributed by atoms with Crippen molar-refractivity contribution in [3.05, 3.63) is 30.4 Å². The van der Waals surface area contributed by atoms with Crippen LogP contribution in [0.1, 0.15) is 18.5 Å². The lowest BCUT2D eigenvalue weighted by atomic mass is 10.0. The molecule has 1 aliphatic heterocycles. The van der Waals surface area contributed by atoms with Crippen LogP contribution in [0.25, 0.3) is 22.3 Å². The van der Waals surface area contributed by atoms with Gasteiger partial charge in [-0.1, -0.05) is 0 Å². The number of hydrogen-bond donors (Lipinski definition) is 1. The first-order chi connectivity index (χ1) is 12.2. The van der Waals surface area contributed by atoms with E-state index in [1.807, 2.05) is 30.9 Å². The minimum atomic E-state index is 0.506. The third kappa shape index (κ3) is 3.19. The molecule has 4 rings (SSSR count). The largest absolute Gasteiger partial charge is 0.476 e. The Bertz CT molecular complexity index is 884. The van der Waals surface area contributed by atoms with Crippen molar-refractivity contribution in [2.24, 2.45) is 13.0 Å². The van der Waals surface area contributed by atoms with Crippen LogP contribution in [0.15, 0.2) is 24.7 Å². The van der Waals surface area contributed by atoms with Gasteiger partial charge in [-0.15, -0.1) is 0 Å². The summed E-state index contributed by atoms with van der Waals surface area (Å²) < 4.78 is 7.93. The maximum absolute atomic E-state index is 6.09. The second kappa shape index (κ2) is 6.76. The highest BCUT2D eigenvalue weighted by molar-refractivity contribution is 5.83. The van der Waals surface area contributed by atoms with Crippen molar-refractivity contribution in [2.45, 2.75) is 19.8 Å². The van der Waals surface area contributed by atoms with E-state index in [0.717, 1.165) is 35.6 Å². The predicted octanol–water partition coefficient (Wildman–Crippen LogP) is 2.11. The quantitative estimate of drug-likeness (QED) is 0.785. The van der Waals surface area contributed by atoms with Crippen LogP contribution in [0.3, 0.4) is 0 Å². The molecule has 3 aromatic rings. The second-order valence-corrected chi connectivity index (χ2v) is 6.53. The maximum Gasteiger partial charge on any atom is 0.242 e. The van der Waals surface area contributed by atoms with E-state index in [9.17, 15) is 0 Å². The van der Waals surface area contributed by atoms with Crippen molar-refractivity contribution in [3.8, 4) is 17.1 Å². The van der Waals surface area contributed by atoms with Crippen molar-refractivity contribution in [1.29, 1.82) is 0 Å². The van der Waals surface area contributed by atoms with Gasteiger partial charge in [0.15, 0.2) is 5.52 Å². The van der Waals surface area contributed by atoms with E-state index in [4.69, 9.17) is 9.72 Å². The molecule has 130 valence electrons. The molecule has 0 aromatic carbocycles. The van der Waals surface area contributed by atoms with Crippen LogP contribution >= 0.6 is 0 Å². The number of pyridine rings is 1. The summed E-state index contributed by atoms with van der Waals surface area (Å²) in [4.78, 5) is 13.6. The van der Waals surface area contributed by atoms with E-state index in [0.29, 0.717) is 23.9 Å². The molecule has 0 aliphatic carbocycles. The van der Waals surface area contributed by atoms with Gasteiger partial charge in [0.05, 0.1) is 24.0 Å². The highest BCUT2D eigenvalue weighted by atomic mass is 16.5. The summed E-state index contributed by atoms with van der Waals surface area (Å²) >= 11 is 0. The number of ether oxygens (including phenoxy) is 1. The number of fused-ring (bicyclic) bond motifs is 1. The first-order valence-corrected chi connectivity index (χ1v) is 8.66. The van der Waals surface area contributed by atoms with E-state index in [1.165, 1.54) is 12.8 Å². The highest BCUT2D eigenvalue weighted by Crippen LogP contribution is 2.28. The smallest absolute Gasteiger partial charge is 0.242 e. The number of aromatic nitrogens is 5. The molecule has 1 atom stereocenters. The number of rotatable bonds is 4. The van der Waals surface area contributed by atoms with Crippen molar-refractivity contribution in [1.82, 2.24) is 30.0 Å². The normalized spacial score (nSPS) is 17.8. The zero-order valence-corrected chi connectivity index (χ0v) is 14.6. The molecule has 0 amide bonds. The Morgan fingerprint density at radius 3 is 2.96 bits per heavy atom. The van der Waals surface area contributed by atoms with Gasteiger partial charge in [0.1, 0.15) is 0 Å². The molecule has 0 spiro atoms. The number of aryl methyl sites for hydroxylation is 1. The minimum Gasteiger partial charge on any atom is -0.476 e. The monoisotopic (exact) mass is 338 g/mol. The summed E-state index contributed by atoms with van der Waals surface area (Å²) in [6, 6.07) is 1.95. The van der Waals surface area contributed by atoms with E-state index in [1.54, 1.807) is 12.4 Å². The summed E-state index contributed by atoms with van der Waals surface area (Å²) in [7, 11) is 1.92. The topological polar surface area (TPSA) is 77.8 Å². The summed E-state index contributed by atoms with van der Waals surface area (Å²) in [5.41, 5.74) is 4.34. The highest BCUT2D eigenvalue weighted by Gasteiger charge is 2.17. The molecular formula is C18H22N6O. The number of piperidine rings is 1. The fourth-order valence-electron chi connectivity index (χ4n) is 3.20. The first-order valence-electron chi connectivity index (χ1n) is 8.66. The van der Waals surface area contributed by atoms with Crippen LogP contribution in [0.5, 0.6) is 5.88 Å². The Balaban J connectivity index is 1.70. The molecule has 0 bridgehead atoms. The van der Waals surface area contributed by atoms with Gasteiger partial charge >= 0.3 is 0 Å². The van der Waals surface area contributed by atoms with E-state index < -0.39 is 0 Å². The minimum absolute atomic E-state index is 0.506. The molecule has 1 fully saturated rings. The van der Waals surface area contributed by atoms with Gasteiger partial charge in [-0.2, -0.15) is 5.10 Å². The van der Waals surface area contributed by atoms with E-state index in [2.05, 4.69) is 20.4 Å². The van der Waals surface area contributed by atoms with Crippen molar-refractivity contribution >= 4 is 11.0 Å². The Morgan fingerprint density at radius 1 is 1.32 bits per heavy atom. The SMILES string of the molecule is Cc1c(-c2cc3nccnc3c(OC[C@H]3CCCNC3)n2)cnn1C. The predicted molar refractivity (Wildman–Crippen MR) is 95.4 cm³/mol. The summed E-state index contributed by atoms with van der Waals surface area (Å²) in [6.45, 7) is 4.75. The average molecular weight is 338 g/mol. The van der Waals surface area contributed by atoms with Crippen LogP contribution < -0.4 is 10.1 Å². The van der Waals surface area contributed by atoms with Gasteiger partial charge in [-0.3, -0.25) is 9.67 Å². The van der Waals surface area contributed by atoms with Gasteiger partial charge in [-0.05, 0) is 32.4 Å². The second-order valence-electron chi connectivity index (χ2n) is 6.53.